The number of rotatable bonds is 6. The molecule has 0 saturated carbocycles. The summed E-state index contributed by atoms with van der Waals surface area (Å²) in [6, 6.07) is 12.5. The highest BCUT2D eigenvalue weighted by atomic mass is 32.1. The SMILES string of the molecule is O=C(CNC(=O)NCc1ccc(F)cc1)Nc1ccc(-c2csnn2)cc1. The Morgan fingerprint density at radius 1 is 1.00 bits per heavy atom. The molecule has 3 N–H and O–H groups in total. The third-order valence-corrected chi connectivity index (χ3v) is 4.10. The van der Waals surface area contributed by atoms with E-state index in [2.05, 4.69) is 25.5 Å². The van der Waals surface area contributed by atoms with Crippen LogP contribution in [0.3, 0.4) is 0 Å². The van der Waals surface area contributed by atoms with Gasteiger partial charge in [-0.3, -0.25) is 4.79 Å². The topological polar surface area (TPSA) is 96.0 Å². The molecule has 27 heavy (non-hydrogen) atoms. The number of carbonyl (C=O) groups excluding carboxylic acids is 2. The van der Waals surface area contributed by atoms with E-state index < -0.39 is 6.03 Å². The molecule has 0 saturated heterocycles. The van der Waals surface area contributed by atoms with E-state index in [1.54, 1.807) is 24.3 Å². The van der Waals surface area contributed by atoms with Crippen LogP contribution in [-0.2, 0) is 11.3 Å². The summed E-state index contributed by atoms with van der Waals surface area (Å²) in [5.74, 6) is -0.689. The Kier molecular flexibility index (Phi) is 6.06. The van der Waals surface area contributed by atoms with Crippen LogP contribution in [0.1, 0.15) is 5.56 Å². The number of benzene rings is 2. The molecular weight excluding hydrogens is 369 g/mol. The van der Waals surface area contributed by atoms with Crippen molar-refractivity contribution >= 4 is 29.2 Å². The highest BCUT2D eigenvalue weighted by Gasteiger charge is 2.07. The molecule has 1 heterocycles. The van der Waals surface area contributed by atoms with E-state index in [0.29, 0.717) is 5.69 Å². The summed E-state index contributed by atoms with van der Waals surface area (Å²) in [6.45, 7) is 0.0632. The van der Waals surface area contributed by atoms with Crippen molar-refractivity contribution in [1.29, 1.82) is 0 Å². The van der Waals surface area contributed by atoms with Crippen molar-refractivity contribution in [3.05, 3.63) is 65.3 Å². The van der Waals surface area contributed by atoms with Crippen molar-refractivity contribution < 1.29 is 14.0 Å². The fourth-order valence-corrected chi connectivity index (χ4v) is 2.69. The Morgan fingerprint density at radius 2 is 1.74 bits per heavy atom. The number of amides is 3. The number of nitrogens with zero attached hydrogens (tertiary/aromatic N) is 2. The number of nitrogens with one attached hydrogen (secondary N) is 3. The van der Waals surface area contributed by atoms with Gasteiger partial charge in [0.15, 0.2) is 0 Å². The molecular formula is C18H16FN5O2S. The van der Waals surface area contributed by atoms with Crippen LogP contribution in [0.25, 0.3) is 11.3 Å². The lowest BCUT2D eigenvalue weighted by molar-refractivity contribution is -0.115. The van der Waals surface area contributed by atoms with Gasteiger partial charge in [-0.05, 0) is 41.4 Å². The Balaban J connectivity index is 1.41. The summed E-state index contributed by atoms with van der Waals surface area (Å²) in [5, 5.41) is 13.6. The number of hydrogen-bond acceptors (Lipinski definition) is 5. The van der Waals surface area contributed by atoms with Gasteiger partial charge in [-0.2, -0.15) is 0 Å². The molecule has 3 aromatic rings. The normalized spacial score (nSPS) is 10.3. The average Bonchev–Trinajstić information content (AvgIpc) is 3.21. The number of halogens is 1. The largest absolute Gasteiger partial charge is 0.334 e. The number of anilines is 1. The zero-order valence-corrected chi connectivity index (χ0v) is 14.9. The standard InChI is InChI=1S/C18H16FN5O2S/c19-14-5-1-12(2-6-14)9-20-18(26)21-10-17(25)22-15-7-3-13(4-8-15)16-11-27-24-23-16/h1-8,11H,9-10H2,(H,22,25)(H2,20,21,26). The van der Waals surface area contributed by atoms with E-state index in [1.165, 1.54) is 23.7 Å². The molecule has 138 valence electrons. The average molecular weight is 385 g/mol. The van der Waals surface area contributed by atoms with Gasteiger partial charge in [0.25, 0.3) is 0 Å². The van der Waals surface area contributed by atoms with Crippen LogP contribution in [0.4, 0.5) is 14.9 Å². The highest BCUT2D eigenvalue weighted by molar-refractivity contribution is 7.03. The van der Waals surface area contributed by atoms with Gasteiger partial charge >= 0.3 is 6.03 Å². The first-order valence-electron chi connectivity index (χ1n) is 8.03. The number of aromatic nitrogens is 2. The lowest BCUT2D eigenvalue weighted by atomic mass is 10.1. The summed E-state index contributed by atoms with van der Waals surface area (Å²) in [4.78, 5) is 23.7. The molecule has 3 rings (SSSR count). The third-order valence-electron chi connectivity index (χ3n) is 3.60. The van der Waals surface area contributed by atoms with E-state index in [1.807, 2.05) is 17.5 Å². The summed E-state index contributed by atoms with van der Waals surface area (Å²) in [6.07, 6.45) is 0. The molecule has 0 aliphatic heterocycles. The van der Waals surface area contributed by atoms with E-state index in [4.69, 9.17) is 0 Å². The maximum atomic E-state index is 12.8. The minimum Gasteiger partial charge on any atom is -0.334 e. The van der Waals surface area contributed by atoms with Crippen molar-refractivity contribution in [2.75, 3.05) is 11.9 Å². The van der Waals surface area contributed by atoms with E-state index in [0.717, 1.165) is 16.8 Å². The van der Waals surface area contributed by atoms with Crippen molar-refractivity contribution in [3.63, 3.8) is 0 Å². The smallest absolute Gasteiger partial charge is 0.315 e. The minimum absolute atomic E-state index is 0.174. The molecule has 7 nitrogen and oxygen atoms in total. The van der Waals surface area contributed by atoms with Crippen molar-refractivity contribution in [1.82, 2.24) is 20.2 Å². The van der Waals surface area contributed by atoms with Crippen molar-refractivity contribution in [2.45, 2.75) is 6.54 Å². The molecule has 0 aliphatic carbocycles. The van der Waals surface area contributed by atoms with Gasteiger partial charge in [-0.15, -0.1) is 5.10 Å². The van der Waals surface area contributed by atoms with Crippen molar-refractivity contribution in [2.24, 2.45) is 0 Å². The molecule has 0 atom stereocenters. The lowest BCUT2D eigenvalue weighted by Crippen LogP contribution is -2.39. The first-order valence-corrected chi connectivity index (χ1v) is 8.87. The quantitative estimate of drug-likeness (QED) is 0.608. The maximum absolute atomic E-state index is 12.8. The predicted molar refractivity (Wildman–Crippen MR) is 101 cm³/mol. The highest BCUT2D eigenvalue weighted by Crippen LogP contribution is 2.19. The summed E-state index contributed by atoms with van der Waals surface area (Å²) in [7, 11) is 0. The maximum Gasteiger partial charge on any atom is 0.315 e. The van der Waals surface area contributed by atoms with Crippen LogP contribution < -0.4 is 16.0 Å². The first-order chi connectivity index (χ1) is 13.1. The van der Waals surface area contributed by atoms with Gasteiger partial charge in [0.2, 0.25) is 5.91 Å². The second-order valence-corrected chi connectivity index (χ2v) is 6.19. The first kappa shape index (κ1) is 18.5. The van der Waals surface area contributed by atoms with Gasteiger partial charge < -0.3 is 16.0 Å². The van der Waals surface area contributed by atoms with E-state index in [-0.39, 0.29) is 24.8 Å². The number of urea groups is 1. The molecule has 1 aromatic heterocycles. The van der Waals surface area contributed by atoms with Crippen LogP contribution in [-0.4, -0.2) is 28.1 Å². The summed E-state index contributed by atoms with van der Waals surface area (Å²) < 4.78 is 16.6. The lowest BCUT2D eigenvalue weighted by Gasteiger charge is -2.09. The van der Waals surface area contributed by atoms with Crippen LogP contribution in [0.5, 0.6) is 0 Å². The monoisotopic (exact) mass is 385 g/mol. The summed E-state index contributed by atoms with van der Waals surface area (Å²) >= 11 is 1.27. The molecule has 0 spiro atoms. The molecule has 0 bridgehead atoms. The predicted octanol–water partition coefficient (Wildman–Crippen LogP) is 2.78. The molecule has 2 aromatic carbocycles. The number of carbonyl (C=O) groups is 2. The molecule has 3 amide bonds. The molecule has 9 heteroatoms. The van der Waals surface area contributed by atoms with Gasteiger partial charge in [-0.1, -0.05) is 28.8 Å². The van der Waals surface area contributed by atoms with Crippen molar-refractivity contribution in [3.8, 4) is 11.3 Å². The van der Waals surface area contributed by atoms with Crippen LogP contribution in [0, 0.1) is 5.82 Å². The number of hydrogen-bond donors (Lipinski definition) is 3. The second kappa shape index (κ2) is 8.86. The van der Waals surface area contributed by atoms with Crippen LogP contribution >= 0.6 is 11.5 Å². The Morgan fingerprint density at radius 3 is 2.41 bits per heavy atom. The van der Waals surface area contributed by atoms with Crippen LogP contribution in [0.15, 0.2) is 53.9 Å². The van der Waals surface area contributed by atoms with E-state index in [9.17, 15) is 14.0 Å². The van der Waals surface area contributed by atoms with Gasteiger partial charge in [0, 0.05) is 23.2 Å². The van der Waals surface area contributed by atoms with Crippen LogP contribution in [0.2, 0.25) is 0 Å². The van der Waals surface area contributed by atoms with Gasteiger partial charge in [0.05, 0.1) is 6.54 Å². The third kappa shape index (κ3) is 5.58. The molecule has 0 fully saturated rings. The zero-order valence-electron chi connectivity index (χ0n) is 14.1. The molecule has 0 radical (unpaired) electrons. The fraction of sp³-hybridized carbons (Fsp3) is 0.111. The van der Waals surface area contributed by atoms with Gasteiger partial charge in [-0.25, -0.2) is 9.18 Å². The Bertz CT molecular complexity index is 899. The Hall–Kier alpha value is -3.33. The minimum atomic E-state index is -0.485. The second-order valence-electron chi connectivity index (χ2n) is 5.58. The Labute approximate surface area is 158 Å². The summed E-state index contributed by atoms with van der Waals surface area (Å²) in [5.41, 5.74) is 3.05. The van der Waals surface area contributed by atoms with E-state index >= 15 is 0 Å². The zero-order chi connectivity index (χ0) is 19.1. The molecule has 0 aliphatic rings. The van der Waals surface area contributed by atoms with Gasteiger partial charge in [0.1, 0.15) is 11.5 Å². The fourth-order valence-electron chi connectivity index (χ4n) is 2.23. The molecule has 0 unspecified atom stereocenters.